The zero-order valence-corrected chi connectivity index (χ0v) is 26.7. The maximum Gasteiger partial charge on any atom is 0.272 e. The second-order valence-electron chi connectivity index (χ2n) is 11.0. The van der Waals surface area contributed by atoms with E-state index in [1.807, 2.05) is 112 Å². The number of nitrogens with one attached hydrogen (secondary N) is 3. The second-order valence-corrected chi connectivity index (χ2v) is 12.2. The van der Waals surface area contributed by atoms with Crippen molar-refractivity contribution in [1.29, 1.82) is 0 Å². The number of benzene rings is 5. The Balaban J connectivity index is 1.33. The van der Waals surface area contributed by atoms with E-state index in [9.17, 15) is 14.4 Å². The lowest BCUT2D eigenvalue weighted by molar-refractivity contribution is -0.116. The summed E-state index contributed by atoms with van der Waals surface area (Å²) in [5, 5.41) is 8.27. The van der Waals surface area contributed by atoms with Crippen LogP contribution in [0.4, 0.5) is 11.4 Å². The largest absolute Gasteiger partial charge is 0.325 e. The molecule has 6 nitrogen and oxygen atoms in total. The molecule has 46 heavy (non-hydrogen) atoms. The van der Waals surface area contributed by atoms with Gasteiger partial charge in [0, 0.05) is 21.8 Å². The van der Waals surface area contributed by atoms with E-state index in [0.717, 1.165) is 38.4 Å². The molecule has 5 aromatic carbocycles. The number of hydrogen-bond donors (Lipinski definition) is 3. The van der Waals surface area contributed by atoms with Crippen molar-refractivity contribution >= 4 is 46.9 Å². The van der Waals surface area contributed by atoms with E-state index in [1.54, 1.807) is 42.5 Å². The Labute approximate surface area is 274 Å². The van der Waals surface area contributed by atoms with Gasteiger partial charge in [0.2, 0.25) is 5.91 Å². The second kappa shape index (κ2) is 15.1. The number of amides is 3. The van der Waals surface area contributed by atoms with Gasteiger partial charge in [0.05, 0.1) is 0 Å². The number of rotatable bonds is 10. The fourth-order valence-corrected chi connectivity index (χ4v) is 5.80. The van der Waals surface area contributed by atoms with E-state index in [2.05, 4.69) is 16.0 Å². The highest BCUT2D eigenvalue weighted by molar-refractivity contribution is 8.00. The van der Waals surface area contributed by atoms with Crippen LogP contribution < -0.4 is 16.0 Å². The third-order valence-corrected chi connectivity index (χ3v) is 8.53. The van der Waals surface area contributed by atoms with Crippen molar-refractivity contribution in [1.82, 2.24) is 5.32 Å². The third kappa shape index (κ3) is 8.61. The van der Waals surface area contributed by atoms with Gasteiger partial charge >= 0.3 is 0 Å². The summed E-state index contributed by atoms with van der Waals surface area (Å²) in [5.74, 6) is -0.965. The van der Waals surface area contributed by atoms with Gasteiger partial charge in [-0.05, 0) is 86.0 Å². The molecule has 0 saturated heterocycles. The summed E-state index contributed by atoms with van der Waals surface area (Å²) in [6.07, 6.45) is 1.65. The fourth-order valence-electron chi connectivity index (χ4n) is 4.78. The van der Waals surface area contributed by atoms with Gasteiger partial charge in [-0.3, -0.25) is 14.4 Å². The molecule has 0 heterocycles. The zero-order valence-electron chi connectivity index (χ0n) is 25.9. The maximum absolute atomic E-state index is 13.6. The fraction of sp³-hybridized carbons (Fsp3) is 0.103. The van der Waals surface area contributed by atoms with Crippen LogP contribution in [0.2, 0.25) is 0 Å². The quantitative estimate of drug-likeness (QED) is 0.107. The summed E-state index contributed by atoms with van der Waals surface area (Å²) < 4.78 is 0. The average Bonchev–Trinajstić information content (AvgIpc) is 3.07. The number of carbonyl (C=O) groups is 3. The summed E-state index contributed by atoms with van der Waals surface area (Å²) in [4.78, 5) is 40.8. The standard InChI is InChI=1S/C39H35N3O3S/c1-26-14-17-29(18-15-26)25-35(42-37(43)31-12-8-5-9-13-31)38(44)40-32-19-21-33(22-20-32)46-36(30-10-6-4-7-11-30)39(45)41-34-23-16-27(2)24-28(34)3/h4-25,36H,1-3H3,(H,40,44)(H,41,45)(H,42,43)/b35-25-. The lowest BCUT2D eigenvalue weighted by Gasteiger charge is -2.18. The number of carbonyl (C=O) groups excluding carboxylic acids is 3. The van der Waals surface area contributed by atoms with Crippen molar-refractivity contribution in [2.45, 2.75) is 30.9 Å². The first kappa shape index (κ1) is 32.0. The highest BCUT2D eigenvalue weighted by Gasteiger charge is 2.23. The van der Waals surface area contributed by atoms with E-state index in [4.69, 9.17) is 0 Å². The zero-order chi connectivity index (χ0) is 32.5. The van der Waals surface area contributed by atoms with Crippen LogP contribution in [0.1, 0.15) is 43.4 Å². The molecule has 1 atom stereocenters. The molecule has 0 radical (unpaired) electrons. The molecular weight excluding hydrogens is 591 g/mol. The van der Waals surface area contributed by atoms with Crippen LogP contribution in [0.3, 0.4) is 0 Å². The van der Waals surface area contributed by atoms with E-state index in [0.29, 0.717) is 11.3 Å². The number of hydrogen-bond acceptors (Lipinski definition) is 4. The van der Waals surface area contributed by atoms with Crippen molar-refractivity contribution in [3.05, 3.63) is 166 Å². The van der Waals surface area contributed by atoms with Gasteiger partial charge in [0.15, 0.2) is 0 Å². The van der Waals surface area contributed by atoms with Crippen LogP contribution in [0.15, 0.2) is 138 Å². The monoisotopic (exact) mass is 625 g/mol. The van der Waals surface area contributed by atoms with Crippen LogP contribution in [-0.2, 0) is 9.59 Å². The highest BCUT2D eigenvalue weighted by Crippen LogP contribution is 2.37. The average molecular weight is 626 g/mol. The molecule has 0 bridgehead atoms. The Morgan fingerprint density at radius 3 is 1.96 bits per heavy atom. The first-order chi connectivity index (χ1) is 22.2. The van der Waals surface area contributed by atoms with Crippen molar-refractivity contribution < 1.29 is 14.4 Å². The molecule has 0 saturated carbocycles. The highest BCUT2D eigenvalue weighted by atomic mass is 32.2. The molecule has 230 valence electrons. The predicted molar refractivity (Wildman–Crippen MR) is 188 cm³/mol. The van der Waals surface area contributed by atoms with Gasteiger partial charge in [-0.15, -0.1) is 11.8 Å². The minimum absolute atomic E-state index is 0.114. The van der Waals surface area contributed by atoms with Gasteiger partial charge in [-0.1, -0.05) is 96.1 Å². The molecule has 0 aliphatic rings. The molecule has 0 aliphatic heterocycles. The van der Waals surface area contributed by atoms with Crippen molar-refractivity contribution in [3.8, 4) is 0 Å². The first-order valence-corrected chi connectivity index (χ1v) is 15.8. The SMILES string of the molecule is Cc1ccc(/C=C(\NC(=O)c2ccccc2)C(=O)Nc2ccc(SC(C(=O)Nc3ccc(C)cc3C)c3ccccc3)cc2)cc1. The van der Waals surface area contributed by atoms with Crippen molar-refractivity contribution in [3.63, 3.8) is 0 Å². The minimum Gasteiger partial charge on any atom is -0.325 e. The van der Waals surface area contributed by atoms with E-state index < -0.39 is 11.2 Å². The topological polar surface area (TPSA) is 87.3 Å². The van der Waals surface area contributed by atoms with Gasteiger partial charge < -0.3 is 16.0 Å². The summed E-state index contributed by atoms with van der Waals surface area (Å²) in [6.45, 7) is 5.99. The first-order valence-electron chi connectivity index (χ1n) is 14.9. The van der Waals surface area contributed by atoms with E-state index in [-0.39, 0.29) is 17.5 Å². The molecule has 0 aliphatic carbocycles. The lowest BCUT2D eigenvalue weighted by Crippen LogP contribution is -2.30. The van der Waals surface area contributed by atoms with Gasteiger partial charge in [-0.25, -0.2) is 0 Å². The Bertz CT molecular complexity index is 1850. The summed E-state index contributed by atoms with van der Waals surface area (Å²) in [6, 6.07) is 39.3. The molecule has 0 spiro atoms. The third-order valence-electron chi connectivity index (χ3n) is 7.26. The Morgan fingerprint density at radius 2 is 1.30 bits per heavy atom. The Kier molecular flexibility index (Phi) is 10.5. The van der Waals surface area contributed by atoms with Crippen molar-refractivity contribution in [2.75, 3.05) is 10.6 Å². The Hall–Kier alpha value is -5.40. The molecule has 0 aromatic heterocycles. The summed E-state index contributed by atoms with van der Waals surface area (Å²) in [5.41, 5.74) is 6.78. The molecule has 5 rings (SSSR count). The molecular formula is C39H35N3O3S. The molecule has 7 heteroatoms. The maximum atomic E-state index is 13.6. The lowest BCUT2D eigenvalue weighted by atomic mass is 10.1. The number of thioether (sulfide) groups is 1. The molecule has 3 N–H and O–H groups in total. The normalized spacial score (nSPS) is 11.8. The van der Waals surface area contributed by atoms with Gasteiger partial charge in [0.25, 0.3) is 11.8 Å². The van der Waals surface area contributed by atoms with Crippen LogP contribution in [0, 0.1) is 20.8 Å². The summed E-state index contributed by atoms with van der Waals surface area (Å²) in [7, 11) is 0. The predicted octanol–water partition coefficient (Wildman–Crippen LogP) is 8.49. The van der Waals surface area contributed by atoms with Crippen LogP contribution in [0.25, 0.3) is 6.08 Å². The van der Waals surface area contributed by atoms with Crippen LogP contribution in [0.5, 0.6) is 0 Å². The number of aryl methyl sites for hydroxylation is 3. The molecule has 0 fully saturated rings. The van der Waals surface area contributed by atoms with E-state index >= 15 is 0 Å². The number of anilines is 2. The smallest absolute Gasteiger partial charge is 0.272 e. The van der Waals surface area contributed by atoms with Crippen LogP contribution in [-0.4, -0.2) is 17.7 Å². The molecule has 5 aromatic rings. The van der Waals surface area contributed by atoms with Gasteiger partial charge in [-0.2, -0.15) is 0 Å². The Morgan fingerprint density at radius 1 is 0.674 bits per heavy atom. The molecule has 1 unspecified atom stereocenters. The van der Waals surface area contributed by atoms with Crippen molar-refractivity contribution in [2.24, 2.45) is 0 Å². The summed E-state index contributed by atoms with van der Waals surface area (Å²) >= 11 is 1.43. The van der Waals surface area contributed by atoms with Gasteiger partial charge in [0.1, 0.15) is 10.9 Å². The van der Waals surface area contributed by atoms with Crippen LogP contribution >= 0.6 is 11.8 Å². The van der Waals surface area contributed by atoms with E-state index in [1.165, 1.54) is 11.8 Å². The minimum atomic E-state index is -0.500. The molecule has 3 amide bonds.